The van der Waals surface area contributed by atoms with Gasteiger partial charge in [0.1, 0.15) is 12.0 Å². The first-order valence-electron chi connectivity index (χ1n) is 10.9. The van der Waals surface area contributed by atoms with Gasteiger partial charge in [-0.05, 0) is 42.2 Å². The molecule has 2 aromatic rings. The van der Waals surface area contributed by atoms with Crippen molar-refractivity contribution < 1.29 is 24.1 Å². The SMILES string of the molecule is CC=O.COc1ccc(-c2ccc(CO[C@@H]3C[C@H](O)[C@@H](N4CCOCC4)C3)cc2)cc1. The van der Waals surface area contributed by atoms with Gasteiger partial charge in [-0.15, -0.1) is 0 Å². The number of aldehydes is 1. The van der Waals surface area contributed by atoms with E-state index in [2.05, 4.69) is 41.3 Å². The Balaban J connectivity index is 0.000000858. The number of nitrogens with zero attached hydrogens (tertiary/aromatic N) is 1. The highest BCUT2D eigenvalue weighted by Crippen LogP contribution is 2.29. The van der Waals surface area contributed by atoms with E-state index in [4.69, 9.17) is 19.0 Å². The van der Waals surface area contributed by atoms with Gasteiger partial charge in [0.05, 0.1) is 39.1 Å². The van der Waals surface area contributed by atoms with Gasteiger partial charge in [0.25, 0.3) is 0 Å². The topological polar surface area (TPSA) is 68.2 Å². The van der Waals surface area contributed by atoms with Crippen LogP contribution in [-0.4, -0.2) is 68.0 Å². The smallest absolute Gasteiger partial charge is 0.118 e. The summed E-state index contributed by atoms with van der Waals surface area (Å²) in [5.41, 5.74) is 3.50. The number of benzene rings is 2. The molecule has 1 N–H and O–H groups in total. The molecule has 0 spiro atoms. The molecule has 0 radical (unpaired) electrons. The van der Waals surface area contributed by atoms with E-state index in [9.17, 15) is 5.11 Å². The third-order valence-corrected chi connectivity index (χ3v) is 5.83. The largest absolute Gasteiger partial charge is 0.497 e. The lowest BCUT2D eigenvalue weighted by Crippen LogP contribution is -2.46. The Morgan fingerprint density at radius 3 is 2.19 bits per heavy atom. The summed E-state index contributed by atoms with van der Waals surface area (Å²) in [4.78, 5) is 11.2. The zero-order valence-corrected chi connectivity index (χ0v) is 18.4. The Morgan fingerprint density at radius 1 is 1.03 bits per heavy atom. The number of hydrogen-bond acceptors (Lipinski definition) is 6. The molecule has 0 bridgehead atoms. The number of rotatable bonds is 6. The second-order valence-corrected chi connectivity index (χ2v) is 7.85. The highest BCUT2D eigenvalue weighted by atomic mass is 16.5. The first kappa shape index (κ1) is 23.4. The summed E-state index contributed by atoms with van der Waals surface area (Å²) >= 11 is 0. The fourth-order valence-electron chi connectivity index (χ4n) is 4.18. The van der Waals surface area contributed by atoms with Crippen molar-refractivity contribution in [2.75, 3.05) is 33.4 Å². The van der Waals surface area contributed by atoms with Gasteiger partial charge in [0, 0.05) is 25.6 Å². The van der Waals surface area contributed by atoms with Crippen LogP contribution in [0.5, 0.6) is 5.75 Å². The Labute approximate surface area is 184 Å². The van der Waals surface area contributed by atoms with Gasteiger partial charge in [0.2, 0.25) is 0 Å². The summed E-state index contributed by atoms with van der Waals surface area (Å²) in [7, 11) is 1.68. The summed E-state index contributed by atoms with van der Waals surface area (Å²) in [5, 5.41) is 10.4. The molecule has 2 aliphatic rings. The monoisotopic (exact) mass is 427 g/mol. The number of methoxy groups -OCH3 is 1. The van der Waals surface area contributed by atoms with Crippen LogP contribution in [0.1, 0.15) is 25.3 Å². The maximum Gasteiger partial charge on any atom is 0.118 e. The lowest BCUT2D eigenvalue weighted by Gasteiger charge is -2.33. The van der Waals surface area contributed by atoms with Crippen molar-refractivity contribution in [1.29, 1.82) is 0 Å². The molecule has 2 aromatic carbocycles. The average molecular weight is 428 g/mol. The Kier molecular flexibility index (Phi) is 9.03. The van der Waals surface area contributed by atoms with Gasteiger partial charge >= 0.3 is 0 Å². The lowest BCUT2D eigenvalue weighted by atomic mass is 10.0. The molecule has 31 heavy (non-hydrogen) atoms. The Bertz CT molecular complexity index is 787. The van der Waals surface area contributed by atoms with Crippen molar-refractivity contribution >= 4 is 6.29 Å². The van der Waals surface area contributed by atoms with E-state index < -0.39 is 0 Å². The maximum atomic E-state index is 10.4. The van der Waals surface area contributed by atoms with E-state index in [1.165, 1.54) is 18.1 Å². The van der Waals surface area contributed by atoms with Crippen LogP contribution in [0, 0.1) is 0 Å². The fraction of sp³-hybridized carbons (Fsp3) is 0.480. The second-order valence-electron chi connectivity index (χ2n) is 7.85. The number of ether oxygens (including phenoxy) is 3. The fourth-order valence-corrected chi connectivity index (χ4v) is 4.18. The summed E-state index contributed by atoms with van der Waals surface area (Å²) in [6, 6.07) is 16.8. The van der Waals surface area contributed by atoms with Crippen molar-refractivity contribution in [2.45, 2.75) is 44.6 Å². The van der Waals surface area contributed by atoms with E-state index in [0.717, 1.165) is 50.3 Å². The van der Waals surface area contributed by atoms with Crippen LogP contribution in [-0.2, 0) is 20.9 Å². The van der Waals surface area contributed by atoms with Crippen LogP contribution >= 0.6 is 0 Å². The Hall–Kier alpha value is -2.25. The average Bonchev–Trinajstić information content (AvgIpc) is 3.20. The molecule has 4 rings (SSSR count). The highest BCUT2D eigenvalue weighted by molar-refractivity contribution is 5.64. The predicted molar refractivity (Wildman–Crippen MR) is 120 cm³/mol. The third kappa shape index (κ3) is 6.61. The van der Waals surface area contributed by atoms with Gasteiger partial charge in [0.15, 0.2) is 0 Å². The summed E-state index contributed by atoms with van der Waals surface area (Å²) in [6.45, 7) is 5.35. The number of aliphatic hydroxyl groups excluding tert-OH is 1. The number of aliphatic hydroxyl groups is 1. The van der Waals surface area contributed by atoms with E-state index in [1.54, 1.807) is 7.11 Å². The van der Waals surface area contributed by atoms with Crippen molar-refractivity contribution in [3.8, 4) is 16.9 Å². The maximum absolute atomic E-state index is 10.4. The van der Waals surface area contributed by atoms with Crippen LogP contribution in [0.4, 0.5) is 0 Å². The highest BCUT2D eigenvalue weighted by Gasteiger charge is 2.37. The normalized spacial score (nSPS) is 23.6. The summed E-state index contributed by atoms with van der Waals surface area (Å²) in [5.74, 6) is 0.864. The van der Waals surface area contributed by atoms with Crippen molar-refractivity contribution in [2.24, 2.45) is 0 Å². The van der Waals surface area contributed by atoms with Crippen LogP contribution < -0.4 is 4.74 Å². The Morgan fingerprint density at radius 2 is 1.61 bits per heavy atom. The van der Waals surface area contributed by atoms with E-state index in [0.29, 0.717) is 13.0 Å². The molecular formula is C25H33NO5. The molecule has 0 aromatic heterocycles. The molecule has 6 heteroatoms. The van der Waals surface area contributed by atoms with E-state index >= 15 is 0 Å². The molecule has 1 aliphatic heterocycles. The molecule has 1 saturated carbocycles. The number of morpholine rings is 1. The summed E-state index contributed by atoms with van der Waals surface area (Å²) in [6.07, 6.45) is 2.17. The molecule has 0 amide bonds. The predicted octanol–water partition coefficient (Wildman–Crippen LogP) is 3.31. The molecule has 2 fully saturated rings. The van der Waals surface area contributed by atoms with Crippen LogP contribution in [0.15, 0.2) is 48.5 Å². The van der Waals surface area contributed by atoms with E-state index in [-0.39, 0.29) is 18.2 Å². The molecule has 6 nitrogen and oxygen atoms in total. The van der Waals surface area contributed by atoms with Crippen molar-refractivity contribution in [1.82, 2.24) is 4.90 Å². The number of hydrogen-bond donors (Lipinski definition) is 1. The van der Waals surface area contributed by atoms with Crippen LogP contribution in [0.2, 0.25) is 0 Å². The molecule has 1 aliphatic carbocycles. The molecule has 168 valence electrons. The number of carbonyl (C=O) groups excluding carboxylic acids is 1. The zero-order valence-electron chi connectivity index (χ0n) is 18.4. The number of carbonyl (C=O) groups is 1. The van der Waals surface area contributed by atoms with Crippen LogP contribution in [0.3, 0.4) is 0 Å². The third-order valence-electron chi connectivity index (χ3n) is 5.83. The van der Waals surface area contributed by atoms with Gasteiger partial charge in [-0.1, -0.05) is 36.4 Å². The van der Waals surface area contributed by atoms with Crippen molar-refractivity contribution in [3.05, 3.63) is 54.1 Å². The van der Waals surface area contributed by atoms with Gasteiger partial charge < -0.3 is 24.1 Å². The molecule has 3 atom stereocenters. The quantitative estimate of drug-likeness (QED) is 0.714. The minimum atomic E-state index is -0.305. The lowest BCUT2D eigenvalue weighted by molar-refractivity contribution is -0.106. The summed E-state index contributed by atoms with van der Waals surface area (Å²) < 4.78 is 16.8. The zero-order chi connectivity index (χ0) is 22.1. The van der Waals surface area contributed by atoms with Gasteiger partial charge in [-0.2, -0.15) is 0 Å². The first-order chi connectivity index (χ1) is 15.1. The minimum absolute atomic E-state index is 0.115. The second kappa shape index (κ2) is 12.0. The molecule has 0 unspecified atom stereocenters. The molecular weight excluding hydrogens is 394 g/mol. The van der Waals surface area contributed by atoms with Gasteiger partial charge in [-0.25, -0.2) is 0 Å². The minimum Gasteiger partial charge on any atom is -0.497 e. The van der Waals surface area contributed by atoms with Crippen LogP contribution in [0.25, 0.3) is 11.1 Å². The van der Waals surface area contributed by atoms with Gasteiger partial charge in [-0.3, -0.25) is 4.90 Å². The molecule has 1 heterocycles. The molecule has 1 saturated heterocycles. The standard InChI is InChI=1S/C23H29NO4.C2H4O/c1-26-20-8-6-19(7-9-20)18-4-2-17(3-5-18)16-28-21-14-22(23(25)15-21)24-10-12-27-13-11-24;1-2-3/h2-9,21-23,25H,10-16H2,1H3;2H,1H3/t21-,22-,23-;/m0./s1. The van der Waals surface area contributed by atoms with Crippen molar-refractivity contribution in [3.63, 3.8) is 0 Å². The van der Waals surface area contributed by atoms with E-state index in [1.807, 2.05) is 12.1 Å². The first-order valence-corrected chi connectivity index (χ1v) is 10.9.